The van der Waals surface area contributed by atoms with Crippen molar-refractivity contribution in [3.05, 3.63) is 28.2 Å². The summed E-state index contributed by atoms with van der Waals surface area (Å²) >= 11 is 12.1. The van der Waals surface area contributed by atoms with Crippen molar-refractivity contribution in [3.63, 3.8) is 0 Å². The number of nitrogens with zero attached hydrogens (tertiary/aromatic N) is 1. The average molecular weight is 289 g/mol. The molecule has 0 saturated carbocycles. The molecule has 1 atom stereocenters. The SMILES string of the molecule is C[C@H]1CNCCN1CCOc1c(Cl)cccc1Cl. The molecule has 5 heteroatoms. The highest BCUT2D eigenvalue weighted by molar-refractivity contribution is 6.37. The second kappa shape index (κ2) is 6.62. The number of piperazine rings is 1. The van der Waals surface area contributed by atoms with E-state index in [0.29, 0.717) is 28.4 Å². The van der Waals surface area contributed by atoms with Crippen molar-refractivity contribution in [2.24, 2.45) is 0 Å². The minimum absolute atomic E-state index is 0.545. The monoisotopic (exact) mass is 288 g/mol. The van der Waals surface area contributed by atoms with Crippen molar-refractivity contribution in [2.75, 3.05) is 32.8 Å². The van der Waals surface area contributed by atoms with E-state index in [9.17, 15) is 0 Å². The molecular weight excluding hydrogens is 271 g/mol. The lowest BCUT2D eigenvalue weighted by Gasteiger charge is -2.33. The van der Waals surface area contributed by atoms with Crippen molar-refractivity contribution >= 4 is 23.2 Å². The zero-order chi connectivity index (χ0) is 13.0. The molecule has 1 aromatic carbocycles. The molecule has 1 heterocycles. The molecule has 3 nitrogen and oxygen atoms in total. The topological polar surface area (TPSA) is 24.5 Å². The van der Waals surface area contributed by atoms with Crippen molar-refractivity contribution in [2.45, 2.75) is 13.0 Å². The normalized spacial score (nSPS) is 20.9. The minimum atomic E-state index is 0.545. The van der Waals surface area contributed by atoms with Gasteiger partial charge < -0.3 is 10.1 Å². The van der Waals surface area contributed by atoms with Gasteiger partial charge in [0.2, 0.25) is 0 Å². The number of hydrogen-bond acceptors (Lipinski definition) is 3. The summed E-state index contributed by atoms with van der Waals surface area (Å²) in [7, 11) is 0. The van der Waals surface area contributed by atoms with E-state index in [-0.39, 0.29) is 0 Å². The van der Waals surface area contributed by atoms with Gasteiger partial charge in [-0.2, -0.15) is 0 Å². The van der Waals surface area contributed by atoms with Gasteiger partial charge >= 0.3 is 0 Å². The van der Waals surface area contributed by atoms with E-state index in [4.69, 9.17) is 27.9 Å². The summed E-state index contributed by atoms with van der Waals surface area (Å²) in [5.74, 6) is 0.587. The first-order valence-electron chi connectivity index (χ1n) is 6.20. The van der Waals surface area contributed by atoms with Crippen LogP contribution in [0, 0.1) is 0 Å². The maximum atomic E-state index is 6.05. The van der Waals surface area contributed by atoms with Gasteiger partial charge in [0.05, 0.1) is 10.0 Å². The Morgan fingerprint density at radius 2 is 2.11 bits per heavy atom. The highest BCUT2D eigenvalue weighted by Gasteiger charge is 2.17. The van der Waals surface area contributed by atoms with Crippen molar-refractivity contribution in [1.82, 2.24) is 10.2 Å². The molecule has 1 N–H and O–H groups in total. The summed E-state index contributed by atoms with van der Waals surface area (Å²) in [5, 5.41) is 4.50. The van der Waals surface area contributed by atoms with Crippen LogP contribution in [0.4, 0.5) is 0 Å². The number of ether oxygens (including phenoxy) is 1. The van der Waals surface area contributed by atoms with Gasteiger partial charge in [-0.15, -0.1) is 0 Å². The number of benzene rings is 1. The first-order chi connectivity index (χ1) is 8.68. The summed E-state index contributed by atoms with van der Waals surface area (Å²) in [5.41, 5.74) is 0. The number of hydrogen-bond donors (Lipinski definition) is 1. The molecule has 0 bridgehead atoms. The highest BCUT2D eigenvalue weighted by Crippen LogP contribution is 2.32. The smallest absolute Gasteiger partial charge is 0.156 e. The number of halogens is 2. The Bertz CT molecular complexity index is 380. The Labute approximate surface area is 118 Å². The molecule has 0 aliphatic carbocycles. The van der Waals surface area contributed by atoms with Crippen LogP contribution in [0.5, 0.6) is 5.75 Å². The van der Waals surface area contributed by atoms with Crippen LogP contribution in [-0.2, 0) is 0 Å². The van der Waals surface area contributed by atoms with E-state index >= 15 is 0 Å². The quantitative estimate of drug-likeness (QED) is 0.922. The molecule has 1 fully saturated rings. The summed E-state index contributed by atoms with van der Waals surface area (Å²) in [4.78, 5) is 2.40. The Kier molecular flexibility index (Phi) is 5.13. The third-order valence-corrected chi connectivity index (χ3v) is 3.78. The lowest BCUT2D eigenvalue weighted by Crippen LogP contribution is -2.50. The molecule has 1 aliphatic rings. The lowest BCUT2D eigenvalue weighted by atomic mass is 10.2. The third-order valence-electron chi connectivity index (χ3n) is 3.18. The van der Waals surface area contributed by atoms with Crippen molar-refractivity contribution in [1.29, 1.82) is 0 Å². The molecule has 1 aromatic rings. The Balaban J connectivity index is 1.84. The van der Waals surface area contributed by atoms with Crippen LogP contribution in [-0.4, -0.2) is 43.7 Å². The fourth-order valence-corrected chi connectivity index (χ4v) is 2.61. The Morgan fingerprint density at radius 3 is 2.78 bits per heavy atom. The first-order valence-corrected chi connectivity index (χ1v) is 6.95. The van der Waals surface area contributed by atoms with Gasteiger partial charge in [-0.3, -0.25) is 4.90 Å². The molecule has 1 saturated heterocycles. The molecule has 0 spiro atoms. The van der Waals surface area contributed by atoms with Crippen LogP contribution in [0.1, 0.15) is 6.92 Å². The van der Waals surface area contributed by atoms with Crippen LogP contribution < -0.4 is 10.1 Å². The van der Waals surface area contributed by atoms with Gasteiger partial charge in [0.1, 0.15) is 6.61 Å². The molecule has 0 radical (unpaired) electrons. The van der Waals surface area contributed by atoms with Crippen LogP contribution in [0.3, 0.4) is 0 Å². The second-order valence-corrected chi connectivity index (χ2v) is 5.30. The van der Waals surface area contributed by atoms with E-state index in [1.165, 1.54) is 0 Å². The van der Waals surface area contributed by atoms with Crippen LogP contribution in [0.25, 0.3) is 0 Å². The zero-order valence-electron chi connectivity index (χ0n) is 10.5. The van der Waals surface area contributed by atoms with Gasteiger partial charge in [-0.1, -0.05) is 29.3 Å². The van der Waals surface area contributed by atoms with Gasteiger partial charge in [-0.25, -0.2) is 0 Å². The number of para-hydroxylation sites is 1. The molecule has 100 valence electrons. The van der Waals surface area contributed by atoms with E-state index in [2.05, 4.69) is 17.1 Å². The molecule has 0 aromatic heterocycles. The van der Waals surface area contributed by atoms with Crippen LogP contribution in [0.2, 0.25) is 10.0 Å². The third kappa shape index (κ3) is 3.51. The average Bonchev–Trinajstić information content (AvgIpc) is 2.35. The predicted molar refractivity (Wildman–Crippen MR) is 75.9 cm³/mol. The summed E-state index contributed by atoms with van der Waals surface area (Å²) in [6.45, 7) is 6.84. The van der Waals surface area contributed by atoms with Crippen molar-refractivity contribution in [3.8, 4) is 5.75 Å². The number of rotatable bonds is 4. The molecule has 0 amide bonds. The number of nitrogens with one attached hydrogen (secondary N) is 1. The Hall–Kier alpha value is -0.480. The van der Waals surface area contributed by atoms with Crippen LogP contribution in [0.15, 0.2) is 18.2 Å². The second-order valence-electron chi connectivity index (χ2n) is 4.49. The zero-order valence-corrected chi connectivity index (χ0v) is 12.0. The lowest BCUT2D eigenvalue weighted by molar-refractivity contribution is 0.143. The highest BCUT2D eigenvalue weighted by atomic mass is 35.5. The first kappa shape index (κ1) is 13.9. The van der Waals surface area contributed by atoms with Crippen molar-refractivity contribution < 1.29 is 4.74 Å². The summed E-state index contributed by atoms with van der Waals surface area (Å²) in [6, 6.07) is 5.94. The van der Waals surface area contributed by atoms with Gasteiger partial charge in [0.25, 0.3) is 0 Å². The molecular formula is C13H18Cl2N2O. The predicted octanol–water partition coefficient (Wildman–Crippen LogP) is 2.67. The van der Waals surface area contributed by atoms with Gasteiger partial charge in [0.15, 0.2) is 5.75 Å². The molecule has 18 heavy (non-hydrogen) atoms. The standard InChI is InChI=1S/C13H18Cl2N2O/c1-10-9-16-5-6-17(10)7-8-18-13-11(14)3-2-4-12(13)15/h2-4,10,16H,5-9H2,1H3/t10-/m0/s1. The molecule has 0 unspecified atom stereocenters. The molecule has 2 rings (SSSR count). The minimum Gasteiger partial charge on any atom is -0.489 e. The maximum absolute atomic E-state index is 6.05. The Morgan fingerprint density at radius 1 is 1.39 bits per heavy atom. The maximum Gasteiger partial charge on any atom is 0.156 e. The van der Waals surface area contributed by atoms with E-state index in [1.807, 2.05) is 6.07 Å². The van der Waals surface area contributed by atoms with E-state index < -0.39 is 0 Å². The van der Waals surface area contributed by atoms with E-state index in [0.717, 1.165) is 26.2 Å². The van der Waals surface area contributed by atoms with Gasteiger partial charge in [0, 0.05) is 32.2 Å². The van der Waals surface area contributed by atoms with E-state index in [1.54, 1.807) is 12.1 Å². The summed E-state index contributed by atoms with van der Waals surface area (Å²) in [6.07, 6.45) is 0. The molecule has 1 aliphatic heterocycles. The van der Waals surface area contributed by atoms with Crippen LogP contribution >= 0.6 is 23.2 Å². The largest absolute Gasteiger partial charge is 0.489 e. The fraction of sp³-hybridized carbons (Fsp3) is 0.538. The fourth-order valence-electron chi connectivity index (χ4n) is 2.10. The summed E-state index contributed by atoms with van der Waals surface area (Å²) < 4.78 is 5.69. The van der Waals surface area contributed by atoms with Gasteiger partial charge in [-0.05, 0) is 19.1 Å².